The number of unbranched alkanes of at least 4 members (excludes halogenated alkanes) is 2. The Morgan fingerprint density at radius 1 is 0.474 bits per heavy atom. The minimum atomic E-state index is -0.701. The molecule has 0 aliphatic heterocycles. The third-order valence-electron chi connectivity index (χ3n) is 7.46. The Hall–Kier alpha value is -6.89. The van der Waals surface area contributed by atoms with Crippen molar-refractivity contribution in [1.29, 1.82) is 0 Å². The number of carbonyl (C=O) groups excluding carboxylic acids is 5. The van der Waals surface area contributed by atoms with Gasteiger partial charge in [0.1, 0.15) is 23.0 Å². The second kappa shape index (κ2) is 24.5. The Kier molecular flexibility index (Phi) is 19.1. The van der Waals surface area contributed by atoms with E-state index in [1.54, 1.807) is 48.5 Å². The molecule has 13 nitrogen and oxygen atoms in total. The van der Waals surface area contributed by atoms with Crippen molar-refractivity contribution < 1.29 is 61.9 Å². The maximum absolute atomic E-state index is 12.9. The molecule has 13 heteroatoms. The van der Waals surface area contributed by atoms with Crippen LogP contribution in [-0.4, -0.2) is 63.4 Å². The van der Waals surface area contributed by atoms with Crippen molar-refractivity contribution in [2.24, 2.45) is 0 Å². The minimum Gasteiger partial charge on any atom is -0.494 e. The molecule has 0 bridgehead atoms. The molecule has 0 unspecified atom stereocenters. The summed E-state index contributed by atoms with van der Waals surface area (Å²) in [5.41, 5.74) is 0.704. The number of hydrogen-bond donors (Lipinski definition) is 0. The summed E-state index contributed by atoms with van der Waals surface area (Å²) in [5.74, 6) is -1.09. The molecule has 0 saturated heterocycles. The molecule has 0 aromatic heterocycles. The summed E-state index contributed by atoms with van der Waals surface area (Å²) in [6, 6.07) is 23.0. The van der Waals surface area contributed by atoms with Crippen LogP contribution in [-0.2, 0) is 19.1 Å². The average Bonchev–Trinajstić information content (AvgIpc) is 3.24. The van der Waals surface area contributed by atoms with Gasteiger partial charge >= 0.3 is 29.8 Å². The normalized spacial score (nSPS) is 10.0. The molecule has 0 N–H and O–H groups in total. The maximum Gasteiger partial charge on any atom is 0.343 e. The fraction of sp³-hybridized carbons (Fsp3) is 0.250. The molecule has 4 rings (SSSR count). The molecule has 0 amide bonds. The molecular weight excluding hydrogens is 736 g/mol. The van der Waals surface area contributed by atoms with Gasteiger partial charge in [0.2, 0.25) is 0 Å². The van der Waals surface area contributed by atoms with Crippen LogP contribution >= 0.6 is 0 Å². The van der Waals surface area contributed by atoms with Gasteiger partial charge in [-0.2, -0.15) is 0 Å². The highest BCUT2D eigenvalue weighted by Gasteiger charge is 2.17. The van der Waals surface area contributed by atoms with Gasteiger partial charge in [0.05, 0.1) is 50.2 Å². The van der Waals surface area contributed by atoms with Crippen molar-refractivity contribution in [3.8, 4) is 34.5 Å². The fourth-order valence-electron chi connectivity index (χ4n) is 4.57. The van der Waals surface area contributed by atoms with Gasteiger partial charge in [0.15, 0.2) is 11.5 Å². The highest BCUT2D eigenvalue weighted by atomic mass is 16.6. The van der Waals surface area contributed by atoms with Crippen LogP contribution in [0.3, 0.4) is 0 Å². The summed E-state index contributed by atoms with van der Waals surface area (Å²) in [4.78, 5) is 60.5. The second-order valence-electron chi connectivity index (χ2n) is 11.4. The number of benzene rings is 4. The number of ether oxygens (including phenoxy) is 8. The van der Waals surface area contributed by atoms with Gasteiger partial charge in [-0.3, -0.25) is 0 Å². The molecule has 0 aliphatic rings. The van der Waals surface area contributed by atoms with Crippen LogP contribution in [0.5, 0.6) is 34.5 Å². The molecule has 57 heavy (non-hydrogen) atoms. The lowest BCUT2D eigenvalue weighted by Gasteiger charge is -2.12. The lowest BCUT2D eigenvalue weighted by Crippen LogP contribution is -2.11. The van der Waals surface area contributed by atoms with Crippen LogP contribution in [0.15, 0.2) is 116 Å². The van der Waals surface area contributed by atoms with Crippen LogP contribution < -0.4 is 28.4 Å². The number of carbonyl (C=O) groups is 5. The molecule has 4 aromatic rings. The lowest BCUT2D eigenvalue weighted by molar-refractivity contribution is -0.138. The van der Waals surface area contributed by atoms with Gasteiger partial charge < -0.3 is 37.9 Å². The summed E-state index contributed by atoms with van der Waals surface area (Å²) in [6.07, 6.45) is 4.84. The smallest absolute Gasteiger partial charge is 0.343 e. The quantitative estimate of drug-likeness (QED) is 0.0345. The molecule has 0 saturated carbocycles. The Labute approximate surface area is 331 Å². The van der Waals surface area contributed by atoms with E-state index in [9.17, 15) is 24.0 Å². The number of rotatable bonds is 21. The van der Waals surface area contributed by atoms with E-state index in [4.69, 9.17) is 37.9 Å². The van der Waals surface area contributed by atoms with E-state index in [2.05, 4.69) is 13.2 Å². The first kappa shape index (κ1) is 44.5. The largest absolute Gasteiger partial charge is 0.494 e. The molecule has 0 radical (unpaired) electrons. The minimum absolute atomic E-state index is 0.0931. The standard InChI is InChI=1S/C42H40O13.C2H6/c1-4-38(43)51-26-8-6-24-49-32-15-10-29(11-16-32)40(45)53-34-19-21-35(22-20-34)54-42(47)31-14-23-36(37(28-31)48-3)55-41(46)30-12-17-33(18-13-30)50-25-7-9-27-52-39(44)5-2;1-2/h4-5,10-23,28H,1-2,6-9,24-27H2,3H3;1-2H3. The van der Waals surface area contributed by atoms with Gasteiger partial charge in [0, 0.05) is 12.2 Å². The zero-order chi connectivity index (χ0) is 41.4. The highest BCUT2D eigenvalue weighted by Crippen LogP contribution is 2.30. The molecule has 0 heterocycles. The molecule has 0 aliphatic carbocycles. The number of hydrogen-bond acceptors (Lipinski definition) is 13. The molecular formula is C44H46O13. The van der Waals surface area contributed by atoms with Crippen LogP contribution in [0.25, 0.3) is 0 Å². The molecule has 300 valence electrons. The maximum atomic E-state index is 12.9. The summed E-state index contributed by atoms with van der Waals surface area (Å²) in [7, 11) is 1.37. The summed E-state index contributed by atoms with van der Waals surface area (Å²) in [5, 5.41) is 0. The van der Waals surface area contributed by atoms with Crippen molar-refractivity contribution in [3.05, 3.63) is 133 Å². The van der Waals surface area contributed by atoms with E-state index in [1.165, 1.54) is 49.6 Å². The number of methoxy groups -OCH3 is 1. The van der Waals surface area contributed by atoms with E-state index in [0.717, 1.165) is 12.2 Å². The lowest BCUT2D eigenvalue weighted by atomic mass is 10.2. The summed E-state index contributed by atoms with van der Waals surface area (Å²) < 4.78 is 42.9. The van der Waals surface area contributed by atoms with Gasteiger partial charge in [-0.25, -0.2) is 24.0 Å². The van der Waals surface area contributed by atoms with E-state index in [-0.39, 0.29) is 47.3 Å². The summed E-state index contributed by atoms with van der Waals surface area (Å²) >= 11 is 0. The monoisotopic (exact) mass is 782 g/mol. The molecule has 4 aromatic carbocycles. The first-order valence-electron chi connectivity index (χ1n) is 18.2. The topological polar surface area (TPSA) is 159 Å². The van der Waals surface area contributed by atoms with Crippen molar-refractivity contribution in [1.82, 2.24) is 0 Å². The van der Waals surface area contributed by atoms with Crippen molar-refractivity contribution in [2.75, 3.05) is 33.5 Å². The van der Waals surface area contributed by atoms with Crippen molar-refractivity contribution in [2.45, 2.75) is 39.5 Å². The van der Waals surface area contributed by atoms with E-state index >= 15 is 0 Å². The van der Waals surface area contributed by atoms with Gasteiger partial charge in [0.25, 0.3) is 0 Å². The zero-order valence-corrected chi connectivity index (χ0v) is 32.2. The van der Waals surface area contributed by atoms with E-state index in [1.807, 2.05) is 13.8 Å². The third-order valence-corrected chi connectivity index (χ3v) is 7.46. The molecule has 0 fully saturated rings. The first-order valence-corrected chi connectivity index (χ1v) is 18.2. The van der Waals surface area contributed by atoms with Crippen LogP contribution in [0.4, 0.5) is 0 Å². The fourth-order valence-corrected chi connectivity index (χ4v) is 4.57. The Morgan fingerprint density at radius 2 is 0.842 bits per heavy atom. The van der Waals surface area contributed by atoms with Crippen LogP contribution in [0.2, 0.25) is 0 Å². The van der Waals surface area contributed by atoms with Gasteiger partial charge in [-0.1, -0.05) is 27.0 Å². The number of esters is 5. The zero-order valence-electron chi connectivity index (χ0n) is 32.2. The predicted octanol–water partition coefficient (Wildman–Crippen LogP) is 8.16. The Morgan fingerprint density at radius 3 is 1.26 bits per heavy atom. The highest BCUT2D eigenvalue weighted by molar-refractivity contribution is 5.94. The van der Waals surface area contributed by atoms with Crippen molar-refractivity contribution >= 4 is 29.8 Å². The first-order chi connectivity index (χ1) is 27.7. The van der Waals surface area contributed by atoms with E-state index < -0.39 is 29.8 Å². The van der Waals surface area contributed by atoms with Crippen molar-refractivity contribution in [3.63, 3.8) is 0 Å². The molecule has 0 spiro atoms. The molecule has 0 atom stereocenters. The Bertz CT molecular complexity index is 1930. The Balaban J connectivity index is 0.00000428. The van der Waals surface area contributed by atoms with Crippen LogP contribution in [0.1, 0.15) is 70.6 Å². The second-order valence-corrected chi connectivity index (χ2v) is 11.4. The van der Waals surface area contributed by atoms with Crippen LogP contribution in [0, 0.1) is 0 Å². The van der Waals surface area contributed by atoms with Gasteiger partial charge in [-0.15, -0.1) is 0 Å². The SMILES string of the molecule is C=CC(=O)OCCCCOc1ccc(C(=O)Oc2ccc(OC(=O)c3ccc(OC(=O)c4ccc(OCCCCOC(=O)C=C)cc4)c(OC)c3)cc2)cc1.CC. The predicted molar refractivity (Wildman–Crippen MR) is 210 cm³/mol. The van der Waals surface area contributed by atoms with Gasteiger partial charge in [-0.05, 0) is 117 Å². The summed E-state index contributed by atoms with van der Waals surface area (Å²) in [6.45, 7) is 12.1. The third kappa shape index (κ3) is 15.4. The average molecular weight is 783 g/mol. The van der Waals surface area contributed by atoms with E-state index in [0.29, 0.717) is 56.0 Å².